The first-order valence-corrected chi connectivity index (χ1v) is 7.16. The Labute approximate surface area is 123 Å². The maximum absolute atomic E-state index is 11.8. The average molecular weight is 295 g/mol. The molecule has 1 aromatic rings. The van der Waals surface area contributed by atoms with Crippen LogP contribution in [-0.4, -0.2) is 40.7 Å². The van der Waals surface area contributed by atoms with Crippen LogP contribution in [0.2, 0.25) is 0 Å². The SMILES string of the molecule is CCc1nn(C)c(N2CCCC(C(=O)NC)C2)c1[N+](=O)[O-]. The number of hydrogen-bond donors (Lipinski definition) is 1. The number of nitro groups is 1. The molecule has 1 N–H and O–H groups in total. The molecule has 1 fully saturated rings. The molecule has 2 heterocycles. The van der Waals surface area contributed by atoms with E-state index in [-0.39, 0.29) is 22.4 Å². The van der Waals surface area contributed by atoms with Crippen LogP contribution in [0.4, 0.5) is 11.5 Å². The van der Waals surface area contributed by atoms with Gasteiger partial charge >= 0.3 is 5.69 Å². The molecule has 2 rings (SSSR count). The topological polar surface area (TPSA) is 93.3 Å². The summed E-state index contributed by atoms with van der Waals surface area (Å²) in [6, 6.07) is 0. The molecule has 1 aliphatic heterocycles. The highest BCUT2D eigenvalue weighted by Crippen LogP contribution is 2.34. The molecule has 0 saturated carbocycles. The first-order chi connectivity index (χ1) is 9.99. The number of aryl methyl sites for hydroxylation is 2. The standard InChI is InChI=1S/C13H21N5O3/c1-4-10-11(18(20)21)13(16(3)15-10)17-7-5-6-9(8-17)12(19)14-2/h9H,4-8H2,1-3H3,(H,14,19). The van der Waals surface area contributed by atoms with Crippen LogP contribution in [0.15, 0.2) is 0 Å². The lowest BCUT2D eigenvalue weighted by molar-refractivity contribution is -0.384. The maximum atomic E-state index is 11.8. The normalized spacial score (nSPS) is 18.6. The van der Waals surface area contributed by atoms with Crippen LogP contribution in [0.1, 0.15) is 25.5 Å². The van der Waals surface area contributed by atoms with Gasteiger partial charge in [-0.15, -0.1) is 0 Å². The van der Waals surface area contributed by atoms with E-state index in [1.807, 2.05) is 11.8 Å². The average Bonchev–Trinajstić information content (AvgIpc) is 2.83. The molecule has 1 aromatic heterocycles. The number of hydrogen-bond acceptors (Lipinski definition) is 5. The highest BCUT2D eigenvalue weighted by atomic mass is 16.6. The number of aromatic nitrogens is 2. The summed E-state index contributed by atoms with van der Waals surface area (Å²) in [5.41, 5.74) is 0.553. The van der Waals surface area contributed by atoms with Gasteiger partial charge in [0.2, 0.25) is 11.7 Å². The van der Waals surface area contributed by atoms with Gasteiger partial charge in [-0.2, -0.15) is 5.10 Å². The number of nitrogens with zero attached hydrogens (tertiary/aromatic N) is 4. The van der Waals surface area contributed by atoms with E-state index < -0.39 is 0 Å². The molecular weight excluding hydrogens is 274 g/mol. The number of carbonyl (C=O) groups excluding carboxylic acids is 1. The summed E-state index contributed by atoms with van der Waals surface area (Å²) in [7, 11) is 3.33. The van der Waals surface area contributed by atoms with E-state index in [9.17, 15) is 14.9 Å². The van der Waals surface area contributed by atoms with Gasteiger partial charge < -0.3 is 10.2 Å². The lowest BCUT2D eigenvalue weighted by Gasteiger charge is -2.32. The lowest BCUT2D eigenvalue weighted by Crippen LogP contribution is -2.43. The van der Waals surface area contributed by atoms with Crippen LogP contribution in [-0.2, 0) is 18.3 Å². The van der Waals surface area contributed by atoms with Gasteiger partial charge in [0.15, 0.2) is 0 Å². The largest absolute Gasteiger partial charge is 0.359 e. The minimum absolute atomic E-state index is 0.0137. The smallest absolute Gasteiger partial charge is 0.334 e. The molecule has 0 aromatic carbocycles. The van der Waals surface area contributed by atoms with Crippen molar-refractivity contribution in [3.63, 3.8) is 0 Å². The van der Waals surface area contributed by atoms with E-state index in [1.165, 1.54) is 0 Å². The molecule has 8 heteroatoms. The predicted molar refractivity (Wildman–Crippen MR) is 78.2 cm³/mol. The van der Waals surface area contributed by atoms with Crippen LogP contribution in [0.3, 0.4) is 0 Å². The van der Waals surface area contributed by atoms with Gasteiger partial charge in [0.1, 0.15) is 5.69 Å². The van der Waals surface area contributed by atoms with Crippen molar-refractivity contribution in [3.8, 4) is 0 Å². The summed E-state index contributed by atoms with van der Waals surface area (Å²) in [4.78, 5) is 24.7. The summed E-state index contributed by atoms with van der Waals surface area (Å²) < 4.78 is 1.56. The van der Waals surface area contributed by atoms with Gasteiger partial charge in [-0.25, -0.2) is 4.68 Å². The van der Waals surface area contributed by atoms with Crippen LogP contribution in [0.25, 0.3) is 0 Å². The van der Waals surface area contributed by atoms with Gasteiger partial charge in [0, 0.05) is 27.2 Å². The van der Waals surface area contributed by atoms with E-state index in [1.54, 1.807) is 18.8 Å². The van der Waals surface area contributed by atoms with Crippen LogP contribution in [0.5, 0.6) is 0 Å². The fourth-order valence-electron chi connectivity index (χ4n) is 2.93. The molecule has 0 radical (unpaired) electrons. The Morgan fingerprint density at radius 1 is 1.57 bits per heavy atom. The molecule has 0 spiro atoms. The Kier molecular flexibility index (Phi) is 4.44. The minimum atomic E-state index is -0.370. The van der Waals surface area contributed by atoms with E-state index >= 15 is 0 Å². The Bertz CT molecular complexity index is 554. The number of piperidine rings is 1. The summed E-state index contributed by atoms with van der Waals surface area (Å²) in [6.45, 7) is 3.04. The van der Waals surface area contributed by atoms with Crippen molar-refractivity contribution in [1.82, 2.24) is 15.1 Å². The highest BCUT2D eigenvalue weighted by Gasteiger charge is 2.33. The third-order valence-electron chi connectivity index (χ3n) is 3.92. The number of anilines is 1. The predicted octanol–water partition coefficient (Wildman–Crippen LogP) is 0.853. The molecule has 8 nitrogen and oxygen atoms in total. The van der Waals surface area contributed by atoms with E-state index in [4.69, 9.17) is 0 Å². The van der Waals surface area contributed by atoms with Crippen LogP contribution in [0, 0.1) is 16.0 Å². The molecular formula is C13H21N5O3. The monoisotopic (exact) mass is 295 g/mol. The molecule has 1 aliphatic rings. The third kappa shape index (κ3) is 2.84. The summed E-state index contributed by atoms with van der Waals surface area (Å²) in [6.07, 6.45) is 2.15. The van der Waals surface area contributed by atoms with Gasteiger partial charge in [0.25, 0.3) is 0 Å². The van der Waals surface area contributed by atoms with Gasteiger partial charge in [0.05, 0.1) is 10.8 Å². The van der Waals surface area contributed by atoms with Gasteiger partial charge in [-0.3, -0.25) is 14.9 Å². The molecule has 1 saturated heterocycles. The first kappa shape index (κ1) is 15.3. The first-order valence-electron chi connectivity index (χ1n) is 7.16. The van der Waals surface area contributed by atoms with Crippen LogP contribution >= 0.6 is 0 Å². The summed E-state index contributed by atoms with van der Waals surface area (Å²) in [5, 5.41) is 18.3. The van der Waals surface area contributed by atoms with E-state index in [2.05, 4.69) is 10.4 Å². The zero-order valence-electron chi connectivity index (χ0n) is 12.6. The fraction of sp³-hybridized carbons (Fsp3) is 0.692. The summed E-state index contributed by atoms with van der Waals surface area (Å²) in [5.74, 6) is 0.356. The molecule has 1 amide bonds. The van der Waals surface area contributed by atoms with Crippen molar-refractivity contribution < 1.29 is 9.72 Å². The molecule has 1 unspecified atom stereocenters. The number of amides is 1. The molecule has 0 bridgehead atoms. The van der Waals surface area contributed by atoms with Gasteiger partial charge in [-0.1, -0.05) is 6.92 Å². The quantitative estimate of drug-likeness (QED) is 0.656. The number of rotatable bonds is 4. The second-order valence-electron chi connectivity index (χ2n) is 5.25. The Morgan fingerprint density at radius 2 is 2.29 bits per heavy atom. The Morgan fingerprint density at radius 3 is 2.86 bits per heavy atom. The Hall–Kier alpha value is -2.12. The van der Waals surface area contributed by atoms with Crippen molar-refractivity contribution in [2.45, 2.75) is 26.2 Å². The third-order valence-corrected chi connectivity index (χ3v) is 3.92. The van der Waals surface area contributed by atoms with Crippen molar-refractivity contribution >= 4 is 17.4 Å². The zero-order valence-corrected chi connectivity index (χ0v) is 12.6. The fourth-order valence-corrected chi connectivity index (χ4v) is 2.93. The minimum Gasteiger partial charge on any atom is -0.359 e. The highest BCUT2D eigenvalue weighted by molar-refractivity contribution is 5.79. The van der Waals surface area contributed by atoms with Crippen molar-refractivity contribution in [2.24, 2.45) is 13.0 Å². The molecule has 0 aliphatic carbocycles. The molecule has 116 valence electrons. The van der Waals surface area contributed by atoms with Crippen molar-refractivity contribution in [2.75, 3.05) is 25.0 Å². The second-order valence-corrected chi connectivity index (χ2v) is 5.25. The van der Waals surface area contributed by atoms with E-state index in [0.29, 0.717) is 31.0 Å². The van der Waals surface area contributed by atoms with Crippen molar-refractivity contribution in [3.05, 3.63) is 15.8 Å². The molecule has 21 heavy (non-hydrogen) atoms. The molecule has 1 atom stereocenters. The summed E-state index contributed by atoms with van der Waals surface area (Å²) >= 11 is 0. The Balaban J connectivity index is 2.35. The number of nitrogens with one attached hydrogen (secondary N) is 1. The maximum Gasteiger partial charge on any atom is 0.334 e. The van der Waals surface area contributed by atoms with Crippen molar-refractivity contribution in [1.29, 1.82) is 0 Å². The lowest BCUT2D eigenvalue weighted by atomic mass is 9.97. The van der Waals surface area contributed by atoms with Crippen LogP contribution < -0.4 is 10.2 Å². The van der Waals surface area contributed by atoms with Gasteiger partial charge in [-0.05, 0) is 19.3 Å². The second kappa shape index (κ2) is 6.11. The van der Waals surface area contributed by atoms with E-state index in [0.717, 1.165) is 12.8 Å². The number of carbonyl (C=O) groups is 1. The zero-order chi connectivity index (χ0) is 15.6.